The van der Waals surface area contributed by atoms with Crippen LogP contribution < -0.4 is 5.56 Å². The molecular weight excluding hydrogens is 297 g/mol. The van der Waals surface area contributed by atoms with Gasteiger partial charge in [0, 0.05) is 20.3 Å². The number of nitrogens with one attached hydrogen (secondary N) is 1. The molecule has 0 saturated carbocycles. The summed E-state index contributed by atoms with van der Waals surface area (Å²) in [7, 11) is 0. The van der Waals surface area contributed by atoms with Gasteiger partial charge >= 0.3 is 0 Å². The smallest absolute Gasteiger partial charge is 0.249 e. The summed E-state index contributed by atoms with van der Waals surface area (Å²) in [5.41, 5.74) is -0.0812. The first-order chi connectivity index (χ1) is 4.20. The fraction of sp³-hybridized carbons (Fsp3) is 0. The summed E-state index contributed by atoms with van der Waals surface area (Å²) in [6.45, 7) is 0. The number of aromatic nitrogens is 1. The van der Waals surface area contributed by atoms with E-state index in [1.807, 2.05) is 0 Å². The Kier molecular flexibility index (Phi) is 2.29. The van der Waals surface area contributed by atoms with E-state index in [1.54, 1.807) is 6.20 Å². The SMILES string of the molecule is O=c1cc(Br)c(I)c[nH]1. The normalized spacial score (nSPS) is 9.56. The van der Waals surface area contributed by atoms with E-state index < -0.39 is 0 Å². The average Bonchev–Trinajstić information content (AvgIpc) is 1.80. The number of aromatic amines is 1. The zero-order chi connectivity index (χ0) is 6.85. The minimum atomic E-state index is -0.0812. The molecule has 0 saturated heterocycles. The van der Waals surface area contributed by atoms with Gasteiger partial charge in [0.25, 0.3) is 0 Å². The van der Waals surface area contributed by atoms with Crippen molar-refractivity contribution in [2.45, 2.75) is 0 Å². The van der Waals surface area contributed by atoms with Crippen LogP contribution in [-0.2, 0) is 0 Å². The van der Waals surface area contributed by atoms with Crippen molar-refractivity contribution in [1.82, 2.24) is 4.98 Å². The second kappa shape index (κ2) is 2.83. The maximum absolute atomic E-state index is 10.6. The van der Waals surface area contributed by atoms with E-state index in [-0.39, 0.29) is 5.56 Å². The molecule has 9 heavy (non-hydrogen) atoms. The molecule has 48 valence electrons. The molecule has 0 aromatic carbocycles. The maximum atomic E-state index is 10.6. The van der Waals surface area contributed by atoms with Crippen LogP contribution in [0, 0.1) is 3.57 Å². The van der Waals surface area contributed by atoms with Crippen molar-refractivity contribution in [3.8, 4) is 0 Å². The highest BCUT2D eigenvalue weighted by Gasteiger charge is 1.92. The molecule has 0 fully saturated rings. The Hall–Kier alpha value is 0.160. The highest BCUT2D eigenvalue weighted by molar-refractivity contribution is 14.1. The van der Waals surface area contributed by atoms with E-state index in [1.165, 1.54) is 6.07 Å². The summed E-state index contributed by atoms with van der Waals surface area (Å²) in [5.74, 6) is 0. The molecule has 1 rings (SSSR count). The van der Waals surface area contributed by atoms with Gasteiger partial charge in [0.2, 0.25) is 5.56 Å². The summed E-state index contributed by atoms with van der Waals surface area (Å²) >= 11 is 5.34. The molecule has 0 aliphatic carbocycles. The Morgan fingerprint density at radius 3 is 2.78 bits per heavy atom. The largest absolute Gasteiger partial charge is 0.328 e. The van der Waals surface area contributed by atoms with Crippen LogP contribution in [0.4, 0.5) is 0 Å². The molecule has 2 nitrogen and oxygen atoms in total. The second-order valence-electron chi connectivity index (χ2n) is 1.49. The number of hydrogen-bond donors (Lipinski definition) is 1. The van der Waals surface area contributed by atoms with Gasteiger partial charge in [0.15, 0.2) is 0 Å². The molecule has 1 aromatic heterocycles. The lowest BCUT2D eigenvalue weighted by molar-refractivity contribution is 1.21. The minimum absolute atomic E-state index is 0.0812. The van der Waals surface area contributed by atoms with Gasteiger partial charge < -0.3 is 4.98 Å². The zero-order valence-corrected chi connectivity index (χ0v) is 8.06. The third-order valence-corrected chi connectivity index (χ3v) is 3.12. The lowest BCUT2D eigenvalue weighted by Crippen LogP contribution is -2.02. The molecule has 0 aliphatic rings. The Morgan fingerprint density at radius 1 is 1.67 bits per heavy atom. The number of halogens is 2. The molecule has 1 aromatic rings. The Morgan fingerprint density at radius 2 is 2.33 bits per heavy atom. The van der Waals surface area contributed by atoms with E-state index in [0.717, 1.165) is 8.04 Å². The monoisotopic (exact) mass is 299 g/mol. The Labute approximate surface area is 73.9 Å². The summed E-state index contributed by atoms with van der Waals surface area (Å²) in [6.07, 6.45) is 1.66. The van der Waals surface area contributed by atoms with Crippen LogP contribution in [0.2, 0.25) is 0 Å². The zero-order valence-electron chi connectivity index (χ0n) is 4.32. The van der Waals surface area contributed by atoms with Gasteiger partial charge in [-0.05, 0) is 38.5 Å². The van der Waals surface area contributed by atoms with E-state index in [2.05, 4.69) is 43.5 Å². The number of hydrogen-bond acceptors (Lipinski definition) is 1. The van der Waals surface area contributed by atoms with E-state index in [4.69, 9.17) is 0 Å². The first-order valence-electron chi connectivity index (χ1n) is 2.24. The minimum Gasteiger partial charge on any atom is -0.328 e. The molecule has 0 bridgehead atoms. The molecule has 0 radical (unpaired) electrons. The highest BCUT2D eigenvalue weighted by atomic mass is 127. The van der Waals surface area contributed by atoms with Crippen molar-refractivity contribution < 1.29 is 0 Å². The number of H-pyrrole nitrogens is 1. The van der Waals surface area contributed by atoms with Crippen LogP contribution in [0.5, 0.6) is 0 Å². The molecule has 0 spiro atoms. The van der Waals surface area contributed by atoms with Crippen LogP contribution in [0.3, 0.4) is 0 Å². The lowest BCUT2D eigenvalue weighted by atomic mass is 10.5. The molecule has 0 amide bonds. The van der Waals surface area contributed by atoms with Gasteiger partial charge in [-0.2, -0.15) is 0 Å². The van der Waals surface area contributed by atoms with Crippen molar-refractivity contribution in [3.63, 3.8) is 0 Å². The fourth-order valence-corrected chi connectivity index (χ4v) is 1.06. The predicted octanol–water partition coefficient (Wildman–Crippen LogP) is 1.74. The third kappa shape index (κ3) is 1.79. The van der Waals surface area contributed by atoms with Gasteiger partial charge in [-0.3, -0.25) is 4.79 Å². The van der Waals surface area contributed by atoms with Crippen molar-refractivity contribution >= 4 is 38.5 Å². The van der Waals surface area contributed by atoms with Crippen molar-refractivity contribution in [2.24, 2.45) is 0 Å². The Bertz CT molecular complexity index is 270. The van der Waals surface area contributed by atoms with Gasteiger partial charge in [-0.15, -0.1) is 0 Å². The van der Waals surface area contributed by atoms with Gasteiger partial charge in [0.05, 0.1) is 0 Å². The number of pyridine rings is 1. The third-order valence-electron chi connectivity index (χ3n) is 0.827. The number of rotatable bonds is 0. The highest BCUT2D eigenvalue weighted by Crippen LogP contribution is 2.13. The molecule has 1 heterocycles. The van der Waals surface area contributed by atoms with Crippen LogP contribution in [0.25, 0.3) is 0 Å². The first kappa shape index (κ1) is 7.27. The van der Waals surface area contributed by atoms with Crippen LogP contribution in [-0.4, -0.2) is 4.98 Å². The average molecular weight is 300 g/mol. The van der Waals surface area contributed by atoms with Gasteiger partial charge in [-0.25, -0.2) is 0 Å². The van der Waals surface area contributed by atoms with Gasteiger partial charge in [-0.1, -0.05) is 0 Å². The maximum Gasteiger partial charge on any atom is 0.249 e. The summed E-state index contributed by atoms with van der Waals surface area (Å²) in [5, 5.41) is 0. The fourth-order valence-electron chi connectivity index (χ4n) is 0.429. The topological polar surface area (TPSA) is 32.9 Å². The van der Waals surface area contributed by atoms with Crippen LogP contribution in [0.15, 0.2) is 21.5 Å². The second-order valence-corrected chi connectivity index (χ2v) is 3.51. The molecule has 0 aliphatic heterocycles. The summed E-state index contributed by atoms with van der Waals surface area (Å²) < 4.78 is 1.85. The standard InChI is InChI=1S/C5H3BrINO/c6-3-1-5(9)8-2-4(3)7/h1-2H,(H,8,9). The first-order valence-corrected chi connectivity index (χ1v) is 4.11. The Balaban J connectivity index is 3.34. The lowest BCUT2D eigenvalue weighted by Gasteiger charge is -1.89. The molecule has 0 unspecified atom stereocenters. The van der Waals surface area contributed by atoms with E-state index >= 15 is 0 Å². The van der Waals surface area contributed by atoms with Crippen molar-refractivity contribution in [2.75, 3.05) is 0 Å². The van der Waals surface area contributed by atoms with Gasteiger partial charge in [0.1, 0.15) is 0 Å². The summed E-state index contributed by atoms with van der Waals surface area (Å²) in [6, 6.07) is 1.50. The van der Waals surface area contributed by atoms with Crippen LogP contribution >= 0.6 is 38.5 Å². The molecule has 4 heteroatoms. The predicted molar refractivity (Wildman–Crippen MR) is 47.5 cm³/mol. The van der Waals surface area contributed by atoms with Crippen molar-refractivity contribution in [3.05, 3.63) is 30.7 Å². The molecule has 1 N–H and O–H groups in total. The molecule has 0 atom stereocenters. The quantitative estimate of drug-likeness (QED) is 0.727. The van der Waals surface area contributed by atoms with E-state index in [0.29, 0.717) is 0 Å². The molecular formula is C5H3BrINO. The van der Waals surface area contributed by atoms with E-state index in [9.17, 15) is 4.79 Å². The van der Waals surface area contributed by atoms with Crippen molar-refractivity contribution in [1.29, 1.82) is 0 Å². The summed E-state index contributed by atoms with van der Waals surface area (Å²) in [4.78, 5) is 13.1. The van der Waals surface area contributed by atoms with Crippen LogP contribution in [0.1, 0.15) is 0 Å².